The van der Waals surface area contributed by atoms with Gasteiger partial charge in [-0.15, -0.1) is 0 Å². The Morgan fingerprint density at radius 2 is 1.95 bits per heavy atom. The van der Waals surface area contributed by atoms with Gasteiger partial charge < -0.3 is 4.90 Å². The number of nitrogens with zero attached hydrogens (tertiary/aromatic N) is 1. The zero-order chi connectivity index (χ0) is 14.8. The van der Waals surface area contributed by atoms with Gasteiger partial charge in [-0.1, -0.05) is 19.1 Å². The highest BCUT2D eigenvalue weighted by Gasteiger charge is 2.30. The van der Waals surface area contributed by atoms with Crippen molar-refractivity contribution >= 4 is 5.91 Å². The third-order valence-electron chi connectivity index (χ3n) is 3.65. The topological polar surface area (TPSA) is 20.3 Å². The summed E-state index contributed by atoms with van der Waals surface area (Å²) >= 11 is 0. The molecule has 1 heterocycles. The number of carbonyl (C=O) groups excluding carboxylic acids is 1. The van der Waals surface area contributed by atoms with Crippen LogP contribution in [0.4, 0.5) is 13.2 Å². The van der Waals surface area contributed by atoms with E-state index in [1.807, 2.05) is 4.90 Å². The van der Waals surface area contributed by atoms with Crippen LogP contribution in [0.1, 0.15) is 30.9 Å². The van der Waals surface area contributed by atoms with Gasteiger partial charge in [-0.05, 0) is 36.5 Å². The molecule has 1 amide bonds. The Morgan fingerprint density at radius 3 is 2.50 bits per heavy atom. The van der Waals surface area contributed by atoms with E-state index in [1.54, 1.807) is 0 Å². The van der Waals surface area contributed by atoms with Crippen molar-refractivity contribution in [3.63, 3.8) is 0 Å². The highest BCUT2D eigenvalue weighted by molar-refractivity contribution is 5.78. The molecule has 1 aliphatic heterocycles. The zero-order valence-electron chi connectivity index (χ0n) is 11.4. The monoisotopic (exact) mass is 285 g/mol. The maximum atomic E-state index is 12.4. The molecule has 1 aromatic carbocycles. The summed E-state index contributed by atoms with van der Waals surface area (Å²) in [4.78, 5) is 13.9. The molecule has 1 atom stereocenters. The first-order valence-electron chi connectivity index (χ1n) is 6.80. The molecule has 0 bridgehead atoms. The molecule has 2 nitrogen and oxygen atoms in total. The van der Waals surface area contributed by atoms with E-state index in [4.69, 9.17) is 0 Å². The van der Waals surface area contributed by atoms with Crippen LogP contribution in [-0.4, -0.2) is 23.9 Å². The normalized spacial score (nSPS) is 20.0. The SMILES string of the molecule is CC1CCCN(C(=O)Cc2ccc(C(F)(F)F)cc2)C1. The standard InChI is InChI=1S/C15H18F3NO/c1-11-3-2-8-19(10-11)14(20)9-12-4-6-13(7-5-12)15(16,17)18/h4-7,11H,2-3,8-10H2,1H3. The summed E-state index contributed by atoms with van der Waals surface area (Å²) in [7, 11) is 0. The Labute approximate surface area is 116 Å². The number of piperidine rings is 1. The quantitative estimate of drug-likeness (QED) is 0.814. The van der Waals surface area contributed by atoms with Gasteiger partial charge in [0.25, 0.3) is 0 Å². The fourth-order valence-corrected chi connectivity index (χ4v) is 2.51. The van der Waals surface area contributed by atoms with Gasteiger partial charge in [0.05, 0.1) is 12.0 Å². The first-order chi connectivity index (χ1) is 9.36. The molecular formula is C15H18F3NO. The molecular weight excluding hydrogens is 267 g/mol. The molecule has 1 aromatic rings. The maximum absolute atomic E-state index is 12.4. The summed E-state index contributed by atoms with van der Waals surface area (Å²) in [6.07, 6.45) is -2.03. The summed E-state index contributed by atoms with van der Waals surface area (Å²) in [5, 5.41) is 0. The predicted molar refractivity (Wildman–Crippen MR) is 70.1 cm³/mol. The molecule has 110 valence electrons. The average Bonchev–Trinajstić information content (AvgIpc) is 2.38. The smallest absolute Gasteiger partial charge is 0.342 e. The third kappa shape index (κ3) is 3.74. The second-order valence-electron chi connectivity index (χ2n) is 5.46. The molecule has 5 heteroatoms. The van der Waals surface area contributed by atoms with E-state index in [1.165, 1.54) is 12.1 Å². The van der Waals surface area contributed by atoms with Crippen molar-refractivity contribution in [2.24, 2.45) is 5.92 Å². The number of carbonyl (C=O) groups is 1. The van der Waals surface area contributed by atoms with Crippen molar-refractivity contribution in [2.45, 2.75) is 32.4 Å². The number of hydrogen-bond acceptors (Lipinski definition) is 1. The van der Waals surface area contributed by atoms with Crippen LogP contribution in [0.15, 0.2) is 24.3 Å². The minimum absolute atomic E-state index is 0.00342. The molecule has 0 N–H and O–H groups in total. The van der Waals surface area contributed by atoms with Gasteiger partial charge in [0, 0.05) is 13.1 Å². The largest absolute Gasteiger partial charge is 0.416 e. The van der Waals surface area contributed by atoms with Gasteiger partial charge in [0.15, 0.2) is 0 Å². The van der Waals surface area contributed by atoms with E-state index < -0.39 is 11.7 Å². The molecule has 0 spiro atoms. The minimum atomic E-state index is -4.33. The van der Waals surface area contributed by atoms with E-state index in [9.17, 15) is 18.0 Å². The van der Waals surface area contributed by atoms with Crippen LogP contribution in [0.25, 0.3) is 0 Å². The van der Waals surface area contributed by atoms with Crippen molar-refractivity contribution in [2.75, 3.05) is 13.1 Å². The molecule has 0 saturated carbocycles. The second-order valence-corrected chi connectivity index (χ2v) is 5.46. The van der Waals surface area contributed by atoms with Gasteiger partial charge >= 0.3 is 6.18 Å². The lowest BCUT2D eigenvalue weighted by atomic mass is 9.99. The van der Waals surface area contributed by atoms with Crippen molar-refractivity contribution < 1.29 is 18.0 Å². The van der Waals surface area contributed by atoms with Crippen LogP contribution in [0, 0.1) is 5.92 Å². The van der Waals surface area contributed by atoms with Crippen LogP contribution >= 0.6 is 0 Å². The maximum Gasteiger partial charge on any atom is 0.416 e. The minimum Gasteiger partial charge on any atom is -0.342 e. The molecule has 1 saturated heterocycles. The van der Waals surface area contributed by atoms with E-state index >= 15 is 0 Å². The van der Waals surface area contributed by atoms with Gasteiger partial charge in [-0.2, -0.15) is 13.2 Å². The third-order valence-corrected chi connectivity index (χ3v) is 3.65. The molecule has 1 fully saturated rings. The first kappa shape index (κ1) is 14.9. The van der Waals surface area contributed by atoms with Crippen molar-refractivity contribution in [1.29, 1.82) is 0 Å². The summed E-state index contributed by atoms with van der Waals surface area (Å²) < 4.78 is 37.3. The summed E-state index contributed by atoms with van der Waals surface area (Å²) in [6.45, 7) is 3.61. The molecule has 0 aliphatic carbocycles. The van der Waals surface area contributed by atoms with Gasteiger partial charge in [-0.3, -0.25) is 4.79 Å². The van der Waals surface area contributed by atoms with Crippen LogP contribution in [0.2, 0.25) is 0 Å². The first-order valence-corrected chi connectivity index (χ1v) is 6.80. The van der Waals surface area contributed by atoms with Gasteiger partial charge in [0.1, 0.15) is 0 Å². The lowest BCUT2D eigenvalue weighted by Crippen LogP contribution is -2.39. The second kappa shape index (κ2) is 5.85. The average molecular weight is 285 g/mol. The molecule has 0 radical (unpaired) electrons. The molecule has 20 heavy (non-hydrogen) atoms. The summed E-state index contributed by atoms with van der Waals surface area (Å²) in [5.41, 5.74) is -0.0541. The Hall–Kier alpha value is -1.52. The van der Waals surface area contributed by atoms with Crippen molar-refractivity contribution in [1.82, 2.24) is 4.90 Å². The summed E-state index contributed by atoms with van der Waals surface area (Å²) in [5.74, 6) is 0.497. The number of amides is 1. The number of halogens is 3. The number of benzene rings is 1. The predicted octanol–water partition coefficient (Wildman–Crippen LogP) is 3.51. The highest BCUT2D eigenvalue weighted by atomic mass is 19.4. The van der Waals surface area contributed by atoms with E-state index in [0.717, 1.165) is 38.1 Å². The van der Waals surface area contributed by atoms with E-state index in [2.05, 4.69) is 6.92 Å². The fourth-order valence-electron chi connectivity index (χ4n) is 2.51. The number of hydrogen-bond donors (Lipinski definition) is 0. The van der Waals surface area contributed by atoms with E-state index in [-0.39, 0.29) is 12.3 Å². The molecule has 1 aliphatic rings. The summed E-state index contributed by atoms with van der Waals surface area (Å²) in [6, 6.07) is 4.82. The Bertz CT molecular complexity index is 467. The lowest BCUT2D eigenvalue weighted by molar-refractivity contribution is -0.137. The van der Waals surface area contributed by atoms with Crippen molar-refractivity contribution in [3.05, 3.63) is 35.4 Å². The van der Waals surface area contributed by atoms with Crippen LogP contribution in [0.5, 0.6) is 0 Å². The Balaban J connectivity index is 1.97. The Kier molecular flexibility index (Phi) is 4.35. The number of alkyl halides is 3. The van der Waals surface area contributed by atoms with Gasteiger partial charge in [-0.25, -0.2) is 0 Å². The molecule has 0 aromatic heterocycles. The Morgan fingerprint density at radius 1 is 1.30 bits per heavy atom. The van der Waals surface area contributed by atoms with Crippen LogP contribution in [-0.2, 0) is 17.4 Å². The fraction of sp³-hybridized carbons (Fsp3) is 0.533. The van der Waals surface area contributed by atoms with Crippen LogP contribution in [0.3, 0.4) is 0 Å². The molecule has 1 unspecified atom stereocenters. The lowest BCUT2D eigenvalue weighted by Gasteiger charge is -2.31. The number of rotatable bonds is 2. The zero-order valence-corrected chi connectivity index (χ0v) is 11.4. The molecule has 2 rings (SSSR count). The van der Waals surface area contributed by atoms with Crippen molar-refractivity contribution in [3.8, 4) is 0 Å². The highest BCUT2D eigenvalue weighted by Crippen LogP contribution is 2.29. The van der Waals surface area contributed by atoms with Gasteiger partial charge in [0.2, 0.25) is 5.91 Å². The van der Waals surface area contributed by atoms with Crippen LogP contribution < -0.4 is 0 Å². The van der Waals surface area contributed by atoms with E-state index in [0.29, 0.717) is 11.5 Å². The number of likely N-dealkylation sites (tertiary alicyclic amines) is 1.